The molecular weight excluding hydrogens is 432 g/mol. The summed E-state index contributed by atoms with van der Waals surface area (Å²) in [5.74, 6) is 2.49. The Kier molecular flexibility index (Phi) is 7.78. The van der Waals surface area contributed by atoms with Gasteiger partial charge in [-0.05, 0) is 71.6 Å². The highest BCUT2D eigenvalue weighted by Gasteiger charge is 2.28. The van der Waals surface area contributed by atoms with Crippen LogP contribution < -0.4 is 15.5 Å². The first kappa shape index (κ1) is 24.5. The lowest BCUT2D eigenvalue weighted by molar-refractivity contribution is -0.122. The maximum absolute atomic E-state index is 12.6. The lowest BCUT2D eigenvalue weighted by Crippen LogP contribution is -2.47. The van der Waals surface area contributed by atoms with E-state index in [-0.39, 0.29) is 18.0 Å². The van der Waals surface area contributed by atoms with E-state index >= 15 is 0 Å². The first-order valence-corrected chi connectivity index (χ1v) is 12.9. The van der Waals surface area contributed by atoms with Crippen molar-refractivity contribution in [3.63, 3.8) is 0 Å². The van der Waals surface area contributed by atoms with Gasteiger partial charge < -0.3 is 25.2 Å². The van der Waals surface area contributed by atoms with Crippen molar-refractivity contribution in [2.45, 2.75) is 89.8 Å². The third-order valence-corrected chi connectivity index (χ3v) is 6.72. The molecule has 0 aromatic carbocycles. The van der Waals surface area contributed by atoms with Crippen LogP contribution in [0.15, 0.2) is 12.4 Å². The highest BCUT2D eigenvalue weighted by atomic mass is 16.6. The van der Waals surface area contributed by atoms with Crippen molar-refractivity contribution in [2.24, 2.45) is 5.92 Å². The second-order valence-corrected chi connectivity index (χ2v) is 11.0. The predicted octanol–water partition coefficient (Wildman–Crippen LogP) is 3.56. The molecule has 34 heavy (non-hydrogen) atoms. The standard InChI is InChI=1S/C25H40N6O3/c1-25(2,3)34-24(33)30-13-10-20(11-14-30)29-23(32)9-6-18-5-4-12-31(16-18)22-15-21(26-17-27-22)28-19-7-8-19/h15,17-20H,4-14,16H2,1-3H3,(H,29,32)(H,26,27,28)/t18-/m0/s1. The van der Waals surface area contributed by atoms with Crippen LogP contribution in [0.3, 0.4) is 0 Å². The molecule has 9 heteroatoms. The SMILES string of the molecule is CC(C)(C)OC(=O)N1CCC(NC(=O)CC[C@@H]2CCCN(c3cc(NC4CC4)ncn3)C2)CC1. The number of likely N-dealkylation sites (tertiary alicyclic amines) is 1. The Morgan fingerprint density at radius 2 is 1.82 bits per heavy atom. The normalized spacial score (nSPS) is 21.8. The van der Waals surface area contributed by atoms with E-state index in [0.29, 0.717) is 31.5 Å². The molecule has 0 radical (unpaired) electrons. The number of hydrogen-bond donors (Lipinski definition) is 2. The molecule has 2 amide bonds. The molecule has 2 saturated heterocycles. The van der Waals surface area contributed by atoms with Gasteiger partial charge in [-0.25, -0.2) is 14.8 Å². The van der Waals surface area contributed by atoms with E-state index in [1.807, 2.05) is 20.8 Å². The summed E-state index contributed by atoms with van der Waals surface area (Å²) < 4.78 is 5.45. The summed E-state index contributed by atoms with van der Waals surface area (Å²) >= 11 is 0. The number of aromatic nitrogens is 2. The smallest absolute Gasteiger partial charge is 0.410 e. The summed E-state index contributed by atoms with van der Waals surface area (Å²) in [5, 5.41) is 6.63. The first-order valence-electron chi connectivity index (χ1n) is 12.9. The zero-order valence-corrected chi connectivity index (χ0v) is 20.9. The molecule has 188 valence electrons. The molecule has 0 unspecified atom stereocenters. The molecule has 1 aromatic heterocycles. The molecule has 2 N–H and O–H groups in total. The third-order valence-electron chi connectivity index (χ3n) is 6.72. The number of nitrogens with zero attached hydrogens (tertiary/aromatic N) is 4. The van der Waals surface area contributed by atoms with Crippen molar-refractivity contribution >= 4 is 23.6 Å². The Morgan fingerprint density at radius 1 is 1.06 bits per heavy atom. The lowest BCUT2D eigenvalue weighted by Gasteiger charge is -2.34. The summed E-state index contributed by atoms with van der Waals surface area (Å²) in [7, 11) is 0. The Morgan fingerprint density at radius 3 is 2.53 bits per heavy atom. The minimum atomic E-state index is -0.486. The van der Waals surface area contributed by atoms with Gasteiger partial charge in [-0.1, -0.05) is 0 Å². The zero-order valence-electron chi connectivity index (χ0n) is 20.9. The molecule has 1 atom stereocenters. The zero-order chi connectivity index (χ0) is 24.1. The molecule has 3 aliphatic rings. The van der Waals surface area contributed by atoms with Gasteiger partial charge in [0.2, 0.25) is 5.91 Å². The minimum Gasteiger partial charge on any atom is -0.444 e. The molecule has 1 aromatic rings. The van der Waals surface area contributed by atoms with Crippen molar-refractivity contribution in [2.75, 3.05) is 36.4 Å². The number of carbonyl (C=O) groups excluding carboxylic acids is 2. The van der Waals surface area contributed by atoms with Gasteiger partial charge in [0, 0.05) is 50.7 Å². The summed E-state index contributed by atoms with van der Waals surface area (Å²) in [5.41, 5.74) is -0.486. The molecule has 3 heterocycles. The van der Waals surface area contributed by atoms with Crippen molar-refractivity contribution in [1.29, 1.82) is 0 Å². The number of rotatable bonds is 7. The third kappa shape index (κ3) is 7.46. The van der Waals surface area contributed by atoms with Crippen LogP contribution in [0.1, 0.15) is 72.1 Å². The molecule has 2 aliphatic heterocycles. The first-order chi connectivity index (χ1) is 16.2. The fourth-order valence-electron chi connectivity index (χ4n) is 4.71. The predicted molar refractivity (Wildman–Crippen MR) is 132 cm³/mol. The quantitative estimate of drug-likeness (QED) is 0.626. The molecule has 1 aliphatic carbocycles. The van der Waals surface area contributed by atoms with Crippen LogP contribution in [0.4, 0.5) is 16.4 Å². The van der Waals surface area contributed by atoms with E-state index in [9.17, 15) is 9.59 Å². The number of ether oxygens (including phenoxy) is 1. The van der Waals surface area contributed by atoms with Crippen LogP contribution in [0.5, 0.6) is 0 Å². The summed E-state index contributed by atoms with van der Waals surface area (Å²) in [6, 6.07) is 2.75. The van der Waals surface area contributed by atoms with Crippen molar-refractivity contribution in [1.82, 2.24) is 20.2 Å². The maximum Gasteiger partial charge on any atom is 0.410 e. The topological polar surface area (TPSA) is 99.7 Å². The monoisotopic (exact) mass is 472 g/mol. The van der Waals surface area contributed by atoms with Crippen molar-refractivity contribution < 1.29 is 14.3 Å². The minimum absolute atomic E-state index is 0.116. The summed E-state index contributed by atoms with van der Waals surface area (Å²) in [6.07, 6.45) is 9.05. The van der Waals surface area contributed by atoms with Gasteiger partial charge in [0.25, 0.3) is 0 Å². The summed E-state index contributed by atoms with van der Waals surface area (Å²) in [4.78, 5) is 37.7. The second-order valence-electron chi connectivity index (χ2n) is 11.0. The van der Waals surface area contributed by atoms with Crippen LogP contribution in [-0.2, 0) is 9.53 Å². The van der Waals surface area contributed by atoms with Gasteiger partial charge in [0.1, 0.15) is 23.6 Å². The molecule has 1 saturated carbocycles. The van der Waals surface area contributed by atoms with E-state index in [1.165, 1.54) is 12.8 Å². The highest BCUT2D eigenvalue weighted by Crippen LogP contribution is 2.28. The van der Waals surface area contributed by atoms with Crippen molar-refractivity contribution in [3.05, 3.63) is 12.4 Å². The number of nitrogens with one attached hydrogen (secondary N) is 2. The number of hydrogen-bond acceptors (Lipinski definition) is 7. The molecule has 3 fully saturated rings. The van der Waals surface area contributed by atoms with Crippen LogP contribution in [0.2, 0.25) is 0 Å². The molecule has 0 bridgehead atoms. The van der Waals surface area contributed by atoms with Gasteiger partial charge in [0.15, 0.2) is 0 Å². The Hall–Kier alpha value is -2.58. The number of anilines is 2. The Balaban J connectivity index is 1.17. The van der Waals surface area contributed by atoms with E-state index in [1.54, 1.807) is 11.2 Å². The van der Waals surface area contributed by atoms with E-state index in [2.05, 4.69) is 31.6 Å². The number of piperidine rings is 2. The average Bonchev–Trinajstić information content (AvgIpc) is 3.61. The van der Waals surface area contributed by atoms with Gasteiger partial charge >= 0.3 is 6.09 Å². The van der Waals surface area contributed by atoms with Gasteiger partial charge in [-0.15, -0.1) is 0 Å². The van der Waals surface area contributed by atoms with Crippen LogP contribution in [-0.4, -0.2) is 70.7 Å². The second kappa shape index (κ2) is 10.8. The van der Waals surface area contributed by atoms with E-state index in [4.69, 9.17) is 4.74 Å². The largest absolute Gasteiger partial charge is 0.444 e. The summed E-state index contributed by atoms with van der Waals surface area (Å²) in [6.45, 7) is 8.80. The van der Waals surface area contributed by atoms with E-state index < -0.39 is 5.60 Å². The van der Waals surface area contributed by atoms with Gasteiger partial charge in [-0.2, -0.15) is 0 Å². The molecule has 9 nitrogen and oxygen atoms in total. The van der Waals surface area contributed by atoms with E-state index in [0.717, 1.165) is 56.8 Å². The molecule has 4 rings (SSSR count). The fourth-order valence-corrected chi connectivity index (χ4v) is 4.71. The average molecular weight is 473 g/mol. The number of amides is 2. The van der Waals surface area contributed by atoms with Crippen molar-refractivity contribution in [3.8, 4) is 0 Å². The molecular formula is C25H40N6O3. The van der Waals surface area contributed by atoms with Crippen LogP contribution >= 0.6 is 0 Å². The number of carbonyl (C=O) groups is 2. The lowest BCUT2D eigenvalue weighted by atomic mass is 9.93. The Labute approximate surface area is 203 Å². The Bertz CT molecular complexity index is 845. The maximum atomic E-state index is 12.6. The van der Waals surface area contributed by atoms with Gasteiger partial charge in [0.05, 0.1) is 0 Å². The van der Waals surface area contributed by atoms with Crippen LogP contribution in [0.25, 0.3) is 0 Å². The fraction of sp³-hybridized carbons (Fsp3) is 0.760. The molecule has 0 spiro atoms. The highest BCUT2D eigenvalue weighted by molar-refractivity contribution is 5.76. The van der Waals surface area contributed by atoms with Crippen LogP contribution in [0, 0.1) is 5.92 Å². The van der Waals surface area contributed by atoms with Gasteiger partial charge in [-0.3, -0.25) is 4.79 Å².